The van der Waals surface area contributed by atoms with Crippen molar-refractivity contribution in [1.82, 2.24) is 0 Å². The van der Waals surface area contributed by atoms with E-state index in [1.807, 2.05) is 13.8 Å². The van der Waals surface area contributed by atoms with Crippen LogP contribution in [0.2, 0.25) is 0 Å². The van der Waals surface area contributed by atoms with Crippen molar-refractivity contribution >= 4 is 0 Å². The van der Waals surface area contributed by atoms with E-state index in [0.29, 0.717) is 36.7 Å². The van der Waals surface area contributed by atoms with Gasteiger partial charge in [-0.3, -0.25) is 0 Å². The first-order valence-corrected chi connectivity index (χ1v) is 13.9. The van der Waals surface area contributed by atoms with Gasteiger partial charge in [0.15, 0.2) is 0 Å². The Morgan fingerprint density at radius 1 is 1.20 bits per heavy atom. The lowest BCUT2D eigenvalue weighted by Crippen LogP contribution is -2.45. The highest BCUT2D eigenvalue weighted by molar-refractivity contribution is 5.40. The van der Waals surface area contributed by atoms with E-state index in [1.165, 1.54) is 37.7 Å². The Bertz CT molecular complexity index is 778. The van der Waals surface area contributed by atoms with Gasteiger partial charge in [-0.2, -0.15) is 0 Å². The van der Waals surface area contributed by atoms with Gasteiger partial charge in [-0.05, 0) is 93.1 Å². The second kappa shape index (κ2) is 12.0. The maximum absolute atomic E-state index is 10.4. The number of hydrogen-bond donors (Lipinski definition) is 4. The van der Waals surface area contributed by atoms with Gasteiger partial charge in [-0.25, -0.2) is 0 Å². The highest BCUT2D eigenvalue weighted by Crippen LogP contribution is 2.60. The zero-order valence-electron chi connectivity index (χ0n) is 22.5. The third-order valence-corrected chi connectivity index (χ3v) is 9.16. The second-order valence-electron chi connectivity index (χ2n) is 12.4. The van der Waals surface area contributed by atoms with Crippen LogP contribution in [0.25, 0.3) is 0 Å². The van der Waals surface area contributed by atoms with Crippen molar-refractivity contribution in [2.75, 3.05) is 13.2 Å². The van der Waals surface area contributed by atoms with Crippen LogP contribution in [0.1, 0.15) is 91.9 Å². The molecule has 0 aromatic rings. The lowest BCUT2D eigenvalue weighted by molar-refractivity contribution is -0.0832. The fourth-order valence-corrected chi connectivity index (χ4v) is 7.20. The van der Waals surface area contributed by atoms with E-state index < -0.39 is 23.9 Å². The summed E-state index contributed by atoms with van der Waals surface area (Å²) < 4.78 is 5.77. The van der Waals surface area contributed by atoms with Crippen LogP contribution in [0.5, 0.6) is 0 Å². The molecule has 200 valence electrons. The molecule has 3 fully saturated rings. The molecule has 0 heterocycles. The number of hydrogen-bond acceptors (Lipinski definition) is 5. The van der Waals surface area contributed by atoms with Gasteiger partial charge in [0.25, 0.3) is 0 Å². The molecule has 3 rings (SSSR count). The topological polar surface area (TPSA) is 90.2 Å². The molecule has 0 bridgehead atoms. The number of rotatable bonds is 10. The Balaban J connectivity index is 1.71. The monoisotopic (exact) mass is 490 g/mol. The molecular weight excluding hydrogens is 440 g/mol. The summed E-state index contributed by atoms with van der Waals surface area (Å²) in [6.07, 6.45) is 12.0. The van der Waals surface area contributed by atoms with Crippen LogP contribution in [-0.4, -0.2) is 57.6 Å². The van der Waals surface area contributed by atoms with Crippen molar-refractivity contribution < 1.29 is 25.2 Å². The number of fused-ring (bicyclic) bond motifs is 1. The molecule has 0 saturated heterocycles. The van der Waals surface area contributed by atoms with Gasteiger partial charge in [0, 0.05) is 19.6 Å². The van der Waals surface area contributed by atoms with E-state index in [2.05, 4.69) is 32.6 Å². The van der Waals surface area contributed by atoms with Crippen molar-refractivity contribution in [1.29, 1.82) is 0 Å². The highest BCUT2D eigenvalue weighted by atomic mass is 16.5. The molecule has 0 amide bonds. The number of aliphatic hydroxyl groups excluding tert-OH is 3. The van der Waals surface area contributed by atoms with Crippen LogP contribution >= 0.6 is 0 Å². The van der Waals surface area contributed by atoms with Crippen LogP contribution in [0.3, 0.4) is 0 Å². The van der Waals surface area contributed by atoms with Crippen molar-refractivity contribution in [3.05, 3.63) is 35.5 Å². The molecule has 0 aromatic carbocycles. The summed E-state index contributed by atoms with van der Waals surface area (Å²) in [7, 11) is 0. The van der Waals surface area contributed by atoms with Gasteiger partial charge in [-0.1, -0.05) is 51.0 Å². The van der Waals surface area contributed by atoms with Crippen LogP contribution in [-0.2, 0) is 4.74 Å². The molecule has 0 aromatic heterocycles. The Hall–Kier alpha value is -0.980. The molecule has 7 atom stereocenters. The minimum Gasteiger partial charge on any atom is -0.396 e. The Kier molecular flexibility index (Phi) is 9.84. The van der Waals surface area contributed by atoms with Crippen molar-refractivity contribution in [2.24, 2.45) is 23.2 Å². The van der Waals surface area contributed by atoms with Gasteiger partial charge in [0.05, 0.1) is 11.7 Å². The summed E-state index contributed by atoms with van der Waals surface area (Å²) in [5.41, 5.74) is 2.95. The predicted molar refractivity (Wildman–Crippen MR) is 141 cm³/mol. The standard InChI is InChI=1S/C30H50O5/c1-20(9-6-15-29(3,4)34)24-13-14-25-22(10-7-16-30(24,25)5)11-12-23-19-26(32)27(33)28(21(23)2)35-18-8-17-31/h11-12,20,24-28,31-34H,2,6-10,13-19H2,1,3-5H3/b22-11+,23-12-/t20-,24-,25+,26-,27+,28+,30-/m1/s1. The van der Waals surface area contributed by atoms with Crippen LogP contribution in [0, 0.1) is 23.2 Å². The molecule has 0 unspecified atom stereocenters. The van der Waals surface area contributed by atoms with E-state index in [-0.39, 0.29) is 6.61 Å². The molecule has 5 nitrogen and oxygen atoms in total. The molecule has 35 heavy (non-hydrogen) atoms. The molecule has 3 saturated carbocycles. The normalized spacial score (nSPS) is 37.1. The molecule has 0 aliphatic heterocycles. The van der Waals surface area contributed by atoms with Gasteiger partial charge in [0.2, 0.25) is 0 Å². The highest BCUT2D eigenvalue weighted by Gasteiger charge is 2.50. The fraction of sp³-hybridized carbons (Fsp3) is 0.800. The molecule has 0 radical (unpaired) electrons. The Labute approximate surface area is 213 Å². The lowest BCUT2D eigenvalue weighted by atomic mass is 9.60. The number of aliphatic hydroxyl groups is 4. The number of allylic oxidation sites excluding steroid dienone is 3. The van der Waals surface area contributed by atoms with Crippen LogP contribution in [0.15, 0.2) is 35.5 Å². The van der Waals surface area contributed by atoms with Gasteiger partial charge < -0.3 is 25.2 Å². The fourth-order valence-electron chi connectivity index (χ4n) is 7.20. The van der Waals surface area contributed by atoms with E-state index >= 15 is 0 Å². The molecule has 3 aliphatic rings. The first-order chi connectivity index (χ1) is 16.5. The largest absolute Gasteiger partial charge is 0.396 e. The zero-order chi connectivity index (χ0) is 25.8. The summed E-state index contributed by atoms with van der Waals surface area (Å²) in [6, 6.07) is 0. The predicted octanol–water partition coefficient (Wildman–Crippen LogP) is 5.08. The smallest absolute Gasteiger partial charge is 0.111 e. The Morgan fingerprint density at radius 3 is 2.63 bits per heavy atom. The average molecular weight is 491 g/mol. The zero-order valence-corrected chi connectivity index (χ0v) is 22.5. The van der Waals surface area contributed by atoms with Gasteiger partial charge >= 0.3 is 0 Å². The van der Waals surface area contributed by atoms with Crippen molar-refractivity contribution in [2.45, 2.75) is 116 Å². The van der Waals surface area contributed by atoms with Gasteiger partial charge in [-0.15, -0.1) is 0 Å². The molecule has 0 spiro atoms. The Morgan fingerprint density at radius 2 is 1.94 bits per heavy atom. The average Bonchev–Trinajstić information content (AvgIpc) is 3.14. The summed E-state index contributed by atoms with van der Waals surface area (Å²) in [5.74, 6) is 1.98. The SMILES string of the molecule is C=C1/C(=C\C=C2/CCC[C@]3(C)[C@@H]([C@H](C)CCCC(C)(C)O)CC[C@@H]23)C[C@@H](O)[C@H](O)[C@H]1OCCCO. The van der Waals surface area contributed by atoms with Crippen LogP contribution in [0.4, 0.5) is 0 Å². The molecular formula is C30H50O5. The van der Waals surface area contributed by atoms with Gasteiger partial charge in [0.1, 0.15) is 12.2 Å². The molecule has 4 N–H and O–H groups in total. The lowest BCUT2D eigenvalue weighted by Gasteiger charge is -2.44. The number of ether oxygens (including phenoxy) is 1. The van der Waals surface area contributed by atoms with Crippen LogP contribution < -0.4 is 0 Å². The summed E-state index contributed by atoms with van der Waals surface area (Å²) >= 11 is 0. The molecule has 3 aliphatic carbocycles. The van der Waals surface area contributed by atoms with E-state index in [0.717, 1.165) is 36.3 Å². The third-order valence-electron chi connectivity index (χ3n) is 9.16. The first kappa shape index (κ1) is 28.6. The summed E-state index contributed by atoms with van der Waals surface area (Å²) in [4.78, 5) is 0. The molecule has 5 heteroatoms. The minimum absolute atomic E-state index is 0.0336. The van der Waals surface area contributed by atoms with Crippen molar-refractivity contribution in [3.63, 3.8) is 0 Å². The summed E-state index contributed by atoms with van der Waals surface area (Å²) in [5, 5.41) is 40.0. The maximum atomic E-state index is 10.4. The first-order valence-electron chi connectivity index (χ1n) is 13.9. The minimum atomic E-state index is -0.988. The third kappa shape index (κ3) is 6.87. The maximum Gasteiger partial charge on any atom is 0.111 e. The van der Waals surface area contributed by atoms with E-state index in [9.17, 15) is 15.3 Å². The quantitative estimate of drug-likeness (QED) is 0.321. The summed E-state index contributed by atoms with van der Waals surface area (Å²) in [6.45, 7) is 13.3. The second-order valence-corrected chi connectivity index (χ2v) is 12.4. The van der Waals surface area contributed by atoms with E-state index in [4.69, 9.17) is 9.84 Å². The van der Waals surface area contributed by atoms with Crippen molar-refractivity contribution in [3.8, 4) is 0 Å². The van der Waals surface area contributed by atoms with E-state index in [1.54, 1.807) is 0 Å².